The minimum Gasteiger partial charge on any atom is -0.457 e. The first-order chi connectivity index (χ1) is 10.6. The summed E-state index contributed by atoms with van der Waals surface area (Å²) in [6, 6.07) is 8.24. The molecule has 3 heteroatoms. The zero-order chi connectivity index (χ0) is 17.3. The Hall–Kier alpha value is -1.64. The smallest absolute Gasteiger partial charge is 0.336 e. The molecule has 1 aromatic carbocycles. The summed E-state index contributed by atoms with van der Waals surface area (Å²) in [6.45, 7) is 8.97. The summed E-state index contributed by atoms with van der Waals surface area (Å²) in [7, 11) is 0. The van der Waals surface area contributed by atoms with Crippen LogP contribution in [0.4, 0.5) is 4.39 Å². The van der Waals surface area contributed by atoms with Gasteiger partial charge in [0.2, 0.25) is 0 Å². The summed E-state index contributed by atoms with van der Waals surface area (Å²) < 4.78 is 20.0. The van der Waals surface area contributed by atoms with Gasteiger partial charge in [-0.2, -0.15) is 0 Å². The van der Waals surface area contributed by atoms with Crippen molar-refractivity contribution < 1.29 is 13.9 Å². The fraction of sp³-hybridized carbons (Fsp3) is 0.550. The summed E-state index contributed by atoms with van der Waals surface area (Å²) in [5.74, 6) is -0.929. The number of fused-ring (bicyclic) bond motifs is 1. The van der Waals surface area contributed by atoms with Gasteiger partial charge in [0.15, 0.2) is 0 Å². The molecule has 1 aromatic rings. The van der Waals surface area contributed by atoms with Gasteiger partial charge in [0.25, 0.3) is 0 Å². The monoisotopic (exact) mass is 318 g/mol. The molecular formula is C20H27FO2. The van der Waals surface area contributed by atoms with Crippen LogP contribution in [-0.4, -0.2) is 11.6 Å². The average molecular weight is 318 g/mol. The van der Waals surface area contributed by atoms with E-state index >= 15 is 0 Å². The van der Waals surface area contributed by atoms with Crippen LogP contribution in [0, 0.1) is 0 Å². The molecule has 0 aliphatic heterocycles. The Morgan fingerprint density at radius 1 is 1.30 bits per heavy atom. The highest BCUT2D eigenvalue weighted by Gasteiger charge is 2.34. The van der Waals surface area contributed by atoms with E-state index in [0.29, 0.717) is 0 Å². The molecule has 0 amide bonds. The van der Waals surface area contributed by atoms with E-state index in [9.17, 15) is 9.18 Å². The second-order valence-electron chi connectivity index (χ2n) is 7.78. The van der Waals surface area contributed by atoms with Gasteiger partial charge in [0, 0.05) is 6.42 Å². The van der Waals surface area contributed by atoms with E-state index in [1.54, 1.807) is 20.8 Å². The van der Waals surface area contributed by atoms with Gasteiger partial charge in [-0.1, -0.05) is 31.2 Å². The summed E-state index contributed by atoms with van der Waals surface area (Å²) in [5.41, 5.74) is 1.72. The third-order valence-electron chi connectivity index (χ3n) is 4.50. The van der Waals surface area contributed by atoms with Crippen LogP contribution >= 0.6 is 0 Å². The minimum atomic E-state index is -0.611. The Balaban J connectivity index is 2.24. The van der Waals surface area contributed by atoms with Crippen molar-refractivity contribution >= 4 is 5.97 Å². The van der Waals surface area contributed by atoms with E-state index in [1.807, 2.05) is 12.1 Å². The van der Waals surface area contributed by atoms with E-state index in [4.69, 9.17) is 4.74 Å². The molecule has 1 atom stereocenters. The number of halogens is 1. The summed E-state index contributed by atoms with van der Waals surface area (Å²) >= 11 is 0. The number of benzene rings is 1. The Morgan fingerprint density at radius 2 is 1.96 bits per heavy atom. The van der Waals surface area contributed by atoms with Crippen molar-refractivity contribution in [2.45, 2.75) is 71.3 Å². The highest BCUT2D eigenvalue weighted by Crippen LogP contribution is 2.42. The number of rotatable bonds is 3. The van der Waals surface area contributed by atoms with Crippen LogP contribution < -0.4 is 0 Å². The van der Waals surface area contributed by atoms with Gasteiger partial charge in [-0.05, 0) is 63.5 Å². The second kappa shape index (κ2) is 6.46. The van der Waals surface area contributed by atoms with E-state index in [-0.39, 0.29) is 23.2 Å². The maximum atomic E-state index is 14.7. The average Bonchev–Trinajstić information content (AvgIpc) is 2.45. The van der Waals surface area contributed by atoms with Crippen LogP contribution in [0.2, 0.25) is 0 Å². The van der Waals surface area contributed by atoms with Crippen molar-refractivity contribution in [3.05, 3.63) is 46.8 Å². The number of esters is 1. The van der Waals surface area contributed by atoms with Crippen molar-refractivity contribution in [2.75, 3.05) is 0 Å². The molecular weight excluding hydrogens is 291 g/mol. The minimum absolute atomic E-state index is 0.0872. The first-order valence-electron chi connectivity index (χ1n) is 8.29. The van der Waals surface area contributed by atoms with Gasteiger partial charge in [-0.25, -0.2) is 9.18 Å². The molecule has 0 radical (unpaired) electrons. The Bertz CT molecular complexity index is 625. The second-order valence-corrected chi connectivity index (χ2v) is 7.78. The predicted molar refractivity (Wildman–Crippen MR) is 91.0 cm³/mol. The molecule has 1 aliphatic rings. The molecule has 0 fully saturated rings. The third kappa shape index (κ3) is 4.21. The first-order valence-corrected chi connectivity index (χ1v) is 8.29. The van der Waals surface area contributed by atoms with Crippen LogP contribution in [0.25, 0.3) is 0 Å². The topological polar surface area (TPSA) is 26.3 Å². The van der Waals surface area contributed by atoms with E-state index in [1.165, 1.54) is 18.1 Å². The molecule has 2 rings (SSSR count). The van der Waals surface area contributed by atoms with Crippen LogP contribution in [0.1, 0.15) is 65.0 Å². The molecule has 126 valence electrons. The Labute approximate surface area is 138 Å². The molecule has 0 aromatic heterocycles. The molecule has 0 saturated heterocycles. The fourth-order valence-corrected chi connectivity index (χ4v) is 3.25. The van der Waals surface area contributed by atoms with Crippen LogP contribution in [0.3, 0.4) is 0 Å². The number of ether oxygens (including phenoxy) is 1. The molecule has 23 heavy (non-hydrogen) atoms. The maximum Gasteiger partial charge on any atom is 0.336 e. The quantitative estimate of drug-likeness (QED) is 0.561. The van der Waals surface area contributed by atoms with Gasteiger partial charge in [0.05, 0.1) is 5.57 Å². The molecule has 2 nitrogen and oxygen atoms in total. The standard InChI is InChI=1S/C20H27FO2/c1-14(18(22)23-19(2,3)4)17(21)13-20(5)12-8-10-15-9-6-7-11-16(15)20/h6-7,9,11H,8,10,12-13H2,1-5H3. The zero-order valence-corrected chi connectivity index (χ0v) is 14.8. The SMILES string of the molecule is CC(C(=O)OC(C)(C)C)=C(F)CC1(C)CCCc2ccccc21. The summed E-state index contributed by atoms with van der Waals surface area (Å²) in [5, 5.41) is 0. The largest absolute Gasteiger partial charge is 0.457 e. The van der Waals surface area contributed by atoms with Gasteiger partial charge in [-0.3, -0.25) is 0 Å². The fourth-order valence-electron chi connectivity index (χ4n) is 3.25. The Kier molecular flexibility index (Phi) is 4.98. The lowest BCUT2D eigenvalue weighted by atomic mass is 9.69. The van der Waals surface area contributed by atoms with Gasteiger partial charge in [0.1, 0.15) is 11.4 Å². The van der Waals surface area contributed by atoms with Crippen molar-refractivity contribution in [2.24, 2.45) is 0 Å². The number of carbonyl (C=O) groups excluding carboxylic acids is 1. The predicted octanol–water partition coefficient (Wildman–Crippen LogP) is 5.26. The van der Waals surface area contributed by atoms with Crippen LogP contribution in [-0.2, 0) is 21.4 Å². The lowest BCUT2D eigenvalue weighted by Gasteiger charge is -2.36. The molecule has 0 N–H and O–H groups in total. The normalized spacial score (nSPS) is 22.2. The third-order valence-corrected chi connectivity index (χ3v) is 4.50. The van der Waals surface area contributed by atoms with Crippen molar-refractivity contribution in [3.63, 3.8) is 0 Å². The van der Waals surface area contributed by atoms with Crippen LogP contribution in [0.15, 0.2) is 35.7 Å². The molecule has 0 heterocycles. The van der Waals surface area contributed by atoms with Crippen molar-refractivity contribution in [1.29, 1.82) is 0 Å². The molecule has 0 spiro atoms. The molecule has 0 saturated carbocycles. The maximum absolute atomic E-state index is 14.7. The Morgan fingerprint density at radius 3 is 2.61 bits per heavy atom. The number of allylic oxidation sites excluding steroid dienone is 1. The van der Waals surface area contributed by atoms with Crippen molar-refractivity contribution in [1.82, 2.24) is 0 Å². The number of aryl methyl sites for hydroxylation is 1. The summed E-state index contributed by atoms with van der Waals surface area (Å²) in [4.78, 5) is 12.1. The lowest BCUT2D eigenvalue weighted by molar-refractivity contribution is -0.150. The van der Waals surface area contributed by atoms with E-state index in [2.05, 4.69) is 19.1 Å². The highest BCUT2D eigenvalue weighted by atomic mass is 19.1. The number of hydrogen-bond acceptors (Lipinski definition) is 2. The van der Waals surface area contributed by atoms with Crippen LogP contribution in [0.5, 0.6) is 0 Å². The van der Waals surface area contributed by atoms with E-state index < -0.39 is 11.6 Å². The highest BCUT2D eigenvalue weighted by molar-refractivity contribution is 5.88. The molecule has 1 aliphatic carbocycles. The number of carbonyl (C=O) groups is 1. The molecule has 0 bridgehead atoms. The first kappa shape index (κ1) is 17.7. The number of hydrogen-bond donors (Lipinski definition) is 0. The lowest BCUT2D eigenvalue weighted by Crippen LogP contribution is -2.29. The zero-order valence-electron chi connectivity index (χ0n) is 14.8. The molecule has 1 unspecified atom stereocenters. The summed E-state index contributed by atoms with van der Waals surface area (Å²) in [6.07, 6.45) is 3.27. The van der Waals surface area contributed by atoms with Gasteiger partial charge < -0.3 is 4.74 Å². The van der Waals surface area contributed by atoms with Gasteiger partial charge in [-0.15, -0.1) is 0 Å². The van der Waals surface area contributed by atoms with Gasteiger partial charge >= 0.3 is 5.97 Å². The van der Waals surface area contributed by atoms with Crippen molar-refractivity contribution in [3.8, 4) is 0 Å². The van der Waals surface area contributed by atoms with E-state index in [0.717, 1.165) is 19.3 Å².